The minimum absolute atomic E-state index is 0.0789. The highest BCUT2D eigenvalue weighted by Gasteiger charge is 2.22. The highest BCUT2D eigenvalue weighted by Crippen LogP contribution is 2.25. The van der Waals surface area contributed by atoms with Crippen molar-refractivity contribution < 1.29 is 19.0 Å². The normalized spacial score (nSPS) is 14.7. The third kappa shape index (κ3) is 4.73. The topological polar surface area (TPSA) is 48.0 Å². The first-order valence-corrected chi connectivity index (χ1v) is 9.33. The summed E-state index contributed by atoms with van der Waals surface area (Å²) in [5, 5.41) is 0. The Hall–Kier alpha value is -2.69. The van der Waals surface area contributed by atoms with Gasteiger partial charge in [0.2, 0.25) is 0 Å². The Morgan fingerprint density at radius 3 is 2.30 bits per heavy atom. The van der Waals surface area contributed by atoms with E-state index in [1.807, 2.05) is 47.4 Å². The molecule has 0 saturated carbocycles. The second-order valence-corrected chi connectivity index (χ2v) is 6.97. The van der Waals surface area contributed by atoms with Crippen molar-refractivity contribution in [1.82, 2.24) is 4.90 Å². The van der Waals surface area contributed by atoms with E-state index in [1.165, 1.54) is 0 Å². The van der Waals surface area contributed by atoms with Crippen molar-refractivity contribution in [2.75, 3.05) is 27.3 Å². The smallest absolute Gasteiger partial charge is 0.253 e. The molecule has 1 heterocycles. The largest absolute Gasteiger partial charge is 0.497 e. The lowest BCUT2D eigenvalue weighted by atomic mass is 9.98. The van der Waals surface area contributed by atoms with Gasteiger partial charge in [-0.3, -0.25) is 4.79 Å². The summed E-state index contributed by atoms with van der Waals surface area (Å²) in [5.74, 6) is 3.00. The number of amides is 1. The van der Waals surface area contributed by atoms with Crippen molar-refractivity contribution in [3.8, 4) is 17.2 Å². The predicted molar refractivity (Wildman–Crippen MR) is 105 cm³/mol. The maximum atomic E-state index is 12.8. The van der Waals surface area contributed by atoms with E-state index in [1.54, 1.807) is 14.2 Å². The van der Waals surface area contributed by atoms with Gasteiger partial charge in [-0.1, -0.05) is 6.92 Å². The van der Waals surface area contributed by atoms with E-state index in [0.717, 1.165) is 43.0 Å². The van der Waals surface area contributed by atoms with Gasteiger partial charge in [-0.05, 0) is 61.2 Å². The summed E-state index contributed by atoms with van der Waals surface area (Å²) < 4.78 is 16.5. The Morgan fingerprint density at radius 1 is 1.00 bits per heavy atom. The second-order valence-electron chi connectivity index (χ2n) is 6.97. The zero-order chi connectivity index (χ0) is 19.2. The molecule has 0 radical (unpaired) electrons. The van der Waals surface area contributed by atoms with Crippen LogP contribution < -0.4 is 14.2 Å². The van der Waals surface area contributed by atoms with Gasteiger partial charge in [0.15, 0.2) is 0 Å². The molecule has 0 aliphatic carbocycles. The number of hydrogen-bond acceptors (Lipinski definition) is 4. The lowest BCUT2D eigenvalue weighted by molar-refractivity contribution is 0.0697. The summed E-state index contributed by atoms with van der Waals surface area (Å²) in [5.41, 5.74) is 1.53. The van der Waals surface area contributed by atoms with Crippen LogP contribution in [-0.4, -0.2) is 38.1 Å². The SMILES string of the molecule is COc1ccc(OCc2cc(C(=O)N3CCC(C)CC3)ccc2OC)cc1. The van der Waals surface area contributed by atoms with Crippen LogP contribution in [0.3, 0.4) is 0 Å². The maximum absolute atomic E-state index is 12.8. The monoisotopic (exact) mass is 369 g/mol. The zero-order valence-corrected chi connectivity index (χ0v) is 16.2. The first-order chi connectivity index (χ1) is 13.1. The van der Waals surface area contributed by atoms with Crippen LogP contribution in [0.2, 0.25) is 0 Å². The Bertz CT molecular complexity index is 764. The standard InChI is InChI=1S/C22H27NO4/c1-16-10-12-23(13-11-16)22(24)17-4-9-21(26-3)18(14-17)15-27-20-7-5-19(25-2)6-8-20/h4-9,14,16H,10-13,15H2,1-3H3. The Labute approximate surface area is 160 Å². The van der Waals surface area contributed by atoms with Crippen molar-refractivity contribution in [3.63, 3.8) is 0 Å². The molecule has 1 fully saturated rings. The molecule has 5 heteroatoms. The van der Waals surface area contributed by atoms with Crippen molar-refractivity contribution in [2.45, 2.75) is 26.4 Å². The fourth-order valence-corrected chi connectivity index (χ4v) is 3.25. The minimum atomic E-state index is 0.0789. The number of hydrogen-bond donors (Lipinski definition) is 0. The second kappa shape index (κ2) is 8.80. The van der Waals surface area contributed by atoms with Crippen LogP contribution in [0.1, 0.15) is 35.7 Å². The number of carbonyl (C=O) groups is 1. The van der Waals surface area contributed by atoms with Crippen molar-refractivity contribution in [2.24, 2.45) is 5.92 Å². The van der Waals surface area contributed by atoms with Crippen LogP contribution in [0.4, 0.5) is 0 Å². The zero-order valence-electron chi connectivity index (χ0n) is 16.2. The number of nitrogens with zero attached hydrogens (tertiary/aromatic N) is 1. The Balaban J connectivity index is 1.71. The highest BCUT2D eigenvalue weighted by molar-refractivity contribution is 5.94. The third-order valence-electron chi connectivity index (χ3n) is 5.05. The molecule has 0 unspecified atom stereocenters. The molecule has 1 aliphatic heterocycles. The van der Waals surface area contributed by atoms with Gasteiger partial charge in [0, 0.05) is 24.2 Å². The van der Waals surface area contributed by atoms with Crippen molar-refractivity contribution in [1.29, 1.82) is 0 Å². The van der Waals surface area contributed by atoms with Crippen LogP contribution in [-0.2, 0) is 6.61 Å². The molecule has 0 spiro atoms. The van der Waals surface area contributed by atoms with E-state index in [4.69, 9.17) is 14.2 Å². The number of likely N-dealkylation sites (tertiary alicyclic amines) is 1. The average Bonchev–Trinajstić information content (AvgIpc) is 2.72. The van der Waals surface area contributed by atoms with Crippen LogP contribution in [0, 0.1) is 5.92 Å². The number of methoxy groups -OCH3 is 2. The van der Waals surface area contributed by atoms with E-state index in [0.29, 0.717) is 23.8 Å². The summed E-state index contributed by atoms with van der Waals surface area (Å²) >= 11 is 0. The van der Waals surface area contributed by atoms with Crippen LogP contribution in [0.15, 0.2) is 42.5 Å². The molecule has 2 aromatic rings. The number of carbonyl (C=O) groups excluding carboxylic acids is 1. The number of rotatable bonds is 6. The van der Waals surface area contributed by atoms with Crippen LogP contribution in [0.25, 0.3) is 0 Å². The number of piperidine rings is 1. The minimum Gasteiger partial charge on any atom is -0.497 e. The van der Waals surface area contributed by atoms with E-state index in [2.05, 4.69) is 6.92 Å². The third-order valence-corrected chi connectivity index (χ3v) is 5.05. The van der Waals surface area contributed by atoms with Gasteiger partial charge in [0.25, 0.3) is 5.91 Å². The summed E-state index contributed by atoms with van der Waals surface area (Å²) in [6, 6.07) is 13.0. The van der Waals surface area contributed by atoms with Crippen LogP contribution in [0.5, 0.6) is 17.2 Å². The summed E-state index contributed by atoms with van der Waals surface area (Å²) in [4.78, 5) is 14.8. The van der Waals surface area contributed by atoms with Gasteiger partial charge in [-0.25, -0.2) is 0 Å². The van der Waals surface area contributed by atoms with Gasteiger partial charge in [-0.2, -0.15) is 0 Å². The number of ether oxygens (including phenoxy) is 3. The Morgan fingerprint density at radius 2 is 1.67 bits per heavy atom. The first-order valence-electron chi connectivity index (χ1n) is 9.33. The lowest BCUT2D eigenvalue weighted by Gasteiger charge is -2.30. The molecule has 0 aromatic heterocycles. The molecule has 27 heavy (non-hydrogen) atoms. The first kappa shape index (κ1) is 19.1. The molecular weight excluding hydrogens is 342 g/mol. The van der Waals surface area contributed by atoms with Gasteiger partial charge in [-0.15, -0.1) is 0 Å². The summed E-state index contributed by atoms with van der Waals surface area (Å²) in [6.45, 7) is 4.21. The van der Waals surface area contributed by atoms with Gasteiger partial charge in [0.05, 0.1) is 14.2 Å². The molecule has 144 valence electrons. The van der Waals surface area contributed by atoms with E-state index in [-0.39, 0.29) is 5.91 Å². The highest BCUT2D eigenvalue weighted by atomic mass is 16.5. The molecule has 5 nitrogen and oxygen atoms in total. The molecule has 1 aliphatic rings. The summed E-state index contributed by atoms with van der Waals surface area (Å²) in [7, 11) is 3.26. The lowest BCUT2D eigenvalue weighted by Crippen LogP contribution is -2.37. The average molecular weight is 369 g/mol. The molecule has 0 N–H and O–H groups in total. The molecule has 2 aromatic carbocycles. The van der Waals surface area contributed by atoms with Gasteiger partial charge >= 0.3 is 0 Å². The van der Waals surface area contributed by atoms with Crippen molar-refractivity contribution in [3.05, 3.63) is 53.6 Å². The quantitative estimate of drug-likeness (QED) is 0.767. The van der Waals surface area contributed by atoms with E-state index >= 15 is 0 Å². The van der Waals surface area contributed by atoms with E-state index in [9.17, 15) is 4.79 Å². The van der Waals surface area contributed by atoms with Gasteiger partial charge < -0.3 is 19.1 Å². The van der Waals surface area contributed by atoms with Gasteiger partial charge in [0.1, 0.15) is 23.9 Å². The molecule has 3 rings (SSSR count). The van der Waals surface area contributed by atoms with E-state index < -0.39 is 0 Å². The summed E-state index contributed by atoms with van der Waals surface area (Å²) in [6.07, 6.45) is 2.13. The molecule has 0 atom stereocenters. The molecular formula is C22H27NO4. The number of benzene rings is 2. The van der Waals surface area contributed by atoms with Crippen LogP contribution >= 0.6 is 0 Å². The molecule has 0 bridgehead atoms. The Kier molecular flexibility index (Phi) is 6.22. The van der Waals surface area contributed by atoms with Crippen molar-refractivity contribution >= 4 is 5.91 Å². The fourth-order valence-electron chi connectivity index (χ4n) is 3.25. The molecule has 1 amide bonds. The predicted octanol–water partition coefficient (Wildman–Crippen LogP) is 4.15. The fraction of sp³-hybridized carbons (Fsp3) is 0.409. The maximum Gasteiger partial charge on any atom is 0.253 e. The molecule has 1 saturated heterocycles.